The van der Waals surface area contributed by atoms with Crippen molar-refractivity contribution in [3.63, 3.8) is 0 Å². The van der Waals surface area contributed by atoms with Crippen molar-refractivity contribution >= 4 is 82.9 Å². The Hall–Kier alpha value is -4.23. The average Bonchev–Trinajstić information content (AvgIpc) is 3.94. The zero-order valence-corrected chi connectivity index (χ0v) is 57.0. The van der Waals surface area contributed by atoms with Crippen LogP contribution in [0.1, 0.15) is 186 Å². The van der Waals surface area contributed by atoms with Crippen LogP contribution in [-0.2, 0) is 38.9 Å². The van der Waals surface area contributed by atoms with Gasteiger partial charge in [0.2, 0.25) is 5.91 Å². The Morgan fingerprint density at radius 1 is 0.753 bits per heavy atom. The first kappa shape index (κ1) is 67.6. The van der Waals surface area contributed by atoms with Gasteiger partial charge in [-0.25, -0.2) is 4.79 Å². The molecule has 448 valence electrons. The van der Waals surface area contributed by atoms with E-state index in [1.165, 1.54) is 15.3 Å². The lowest BCUT2D eigenvalue weighted by molar-refractivity contribution is -0.145. The van der Waals surface area contributed by atoms with E-state index in [1.54, 1.807) is 33.2 Å². The van der Waals surface area contributed by atoms with Crippen LogP contribution in [0.2, 0.25) is 54.4 Å². The van der Waals surface area contributed by atoms with Gasteiger partial charge in [-0.15, -0.1) is 11.3 Å². The van der Waals surface area contributed by atoms with Crippen LogP contribution >= 0.6 is 11.3 Å². The number of benzene rings is 2. The van der Waals surface area contributed by atoms with Gasteiger partial charge in [-0.1, -0.05) is 137 Å². The minimum Gasteiger partial charge on any atom is -0.461 e. The molecule has 0 bridgehead atoms. The predicted molar refractivity (Wildman–Crippen MR) is 346 cm³/mol. The number of carbonyl (C=O) groups excluding carboxylic acids is 3. The summed E-state index contributed by atoms with van der Waals surface area (Å²) in [6.45, 7) is 47.2. The number of carbonyl (C=O) groups is 3. The van der Waals surface area contributed by atoms with Crippen LogP contribution < -0.4 is 10.6 Å². The van der Waals surface area contributed by atoms with Crippen LogP contribution in [0.5, 0.6) is 0 Å². The van der Waals surface area contributed by atoms with Gasteiger partial charge in [-0.05, 0) is 172 Å². The molecule has 2 aromatic carbocycles. The van der Waals surface area contributed by atoms with Crippen LogP contribution in [-0.4, -0.2) is 72.3 Å². The molecule has 1 saturated carbocycles. The monoisotopic (exact) mass is 1180 g/mol. The fourth-order valence-corrected chi connectivity index (χ4v) is 15.1. The van der Waals surface area contributed by atoms with E-state index in [9.17, 15) is 14.4 Å². The van der Waals surface area contributed by atoms with E-state index < -0.39 is 42.6 Å². The van der Waals surface area contributed by atoms with Crippen molar-refractivity contribution < 1.29 is 37.1 Å². The first-order valence-corrected chi connectivity index (χ1v) is 39.4. The van der Waals surface area contributed by atoms with Gasteiger partial charge >= 0.3 is 12.1 Å². The first-order valence-electron chi connectivity index (χ1n) is 29.8. The fourth-order valence-electron chi connectivity index (χ4n) is 9.85. The number of nitrogens with one attached hydrogen (secondary N) is 2. The molecule has 4 aromatic rings. The minimum absolute atomic E-state index is 0.0181. The Bertz CT molecular complexity index is 2740. The number of amides is 2. The number of hydrogen-bond donors (Lipinski definition) is 2. The molecule has 1 fully saturated rings. The molecule has 0 radical (unpaired) electrons. The SMILES string of the molecule is C=Cc1sc([C@@H](CC[C@H]2C(O[Si](C)(C)C(C)(C)C)CC(O[Si](C)(C)C(C)(C)C)C2CCCCCCC(=O)OCc2ccc(C(CNC(=O)OC(C)(C)C)C(=O)Nc3ccc4cnccc4c3)cc2)O[Si](C)(C)C(C)(C)C)cc1/C=C\C. The number of unbranched alkanes of at least 4 members (excludes halogenated alkanes) is 3. The highest BCUT2D eigenvalue weighted by Gasteiger charge is 2.51. The lowest BCUT2D eigenvalue weighted by atomic mass is 9.84. The minimum atomic E-state index is -2.17. The highest BCUT2D eigenvalue weighted by atomic mass is 32.1. The first-order chi connectivity index (χ1) is 37.5. The Morgan fingerprint density at radius 2 is 1.36 bits per heavy atom. The third-order valence-electron chi connectivity index (χ3n) is 17.7. The standard InChI is InChI=1S/C66H103N3O8SSi3/c1-21-27-49-41-59(78-58(49)22-2)55(75-79(15,16)64(6,7)8)37-36-53-52(56(76-80(17,18)65(9,10)11)42-57(53)77-81(19,20)66(12,13)14)28-25-23-24-26-29-60(70)73-45-46-30-32-47(33-31-46)54(44-68-62(72)74-63(3,4)5)61(71)69-51-35-34-50-43-67-39-38-48(50)40-51/h21-22,27,30-35,38-41,43,52-57H,2,23-26,28-29,36-37,42,44-45H2,1,3-20H3,(H,68,72)(H,69,71)/b27-21-/t52?,53-,54?,55-,56?,57?/m1/s1. The Balaban J connectivity index is 1.26. The van der Waals surface area contributed by atoms with Gasteiger partial charge in [0.25, 0.3) is 0 Å². The summed E-state index contributed by atoms with van der Waals surface area (Å²) in [7, 11) is -6.48. The van der Waals surface area contributed by atoms with Crippen molar-refractivity contribution in [2.45, 2.75) is 239 Å². The average molecular weight is 1180 g/mol. The summed E-state index contributed by atoms with van der Waals surface area (Å²) >= 11 is 1.82. The Labute approximate surface area is 496 Å². The number of hydrogen-bond acceptors (Lipinski definition) is 10. The molecule has 0 spiro atoms. The molecule has 11 nitrogen and oxygen atoms in total. The predicted octanol–water partition coefficient (Wildman–Crippen LogP) is 18.6. The number of fused-ring (bicyclic) bond motifs is 1. The number of rotatable bonds is 26. The number of allylic oxidation sites excluding steroid dienone is 1. The third kappa shape index (κ3) is 19.4. The molecular weight excluding hydrogens is 1080 g/mol. The third-order valence-corrected chi connectivity index (χ3v) is 32.4. The summed E-state index contributed by atoms with van der Waals surface area (Å²) in [5.74, 6) is -0.603. The maximum absolute atomic E-state index is 13.9. The summed E-state index contributed by atoms with van der Waals surface area (Å²) in [6, 6.07) is 17.3. The van der Waals surface area contributed by atoms with Crippen molar-refractivity contribution in [2.75, 3.05) is 11.9 Å². The summed E-state index contributed by atoms with van der Waals surface area (Å²) in [4.78, 5) is 46.4. The molecule has 0 aliphatic heterocycles. The summed E-state index contributed by atoms with van der Waals surface area (Å²) in [6.07, 6.45) is 17.3. The molecule has 4 unspecified atom stereocenters. The van der Waals surface area contributed by atoms with Gasteiger partial charge in [-0.3, -0.25) is 14.6 Å². The molecule has 6 atom stereocenters. The zero-order valence-electron chi connectivity index (χ0n) is 53.2. The second-order valence-electron chi connectivity index (χ2n) is 28.2. The molecule has 81 heavy (non-hydrogen) atoms. The van der Waals surface area contributed by atoms with Gasteiger partial charge in [0.05, 0.1) is 24.2 Å². The van der Waals surface area contributed by atoms with Gasteiger partial charge < -0.3 is 33.4 Å². The van der Waals surface area contributed by atoms with Crippen molar-refractivity contribution in [3.8, 4) is 0 Å². The topological polar surface area (TPSA) is 134 Å². The fraction of sp³-hybridized carbons (Fsp3) is 0.606. The van der Waals surface area contributed by atoms with Crippen LogP contribution in [0, 0.1) is 11.8 Å². The van der Waals surface area contributed by atoms with Crippen molar-refractivity contribution in [1.82, 2.24) is 10.3 Å². The number of esters is 1. The van der Waals surface area contributed by atoms with Gasteiger partial charge in [0.1, 0.15) is 12.2 Å². The zero-order chi connectivity index (χ0) is 60.4. The van der Waals surface area contributed by atoms with E-state index in [2.05, 4.69) is 149 Å². The molecule has 1 aliphatic carbocycles. The van der Waals surface area contributed by atoms with Gasteiger partial charge in [0.15, 0.2) is 25.0 Å². The Morgan fingerprint density at radius 3 is 1.94 bits per heavy atom. The van der Waals surface area contributed by atoms with Crippen molar-refractivity contribution in [3.05, 3.63) is 106 Å². The van der Waals surface area contributed by atoms with Crippen LogP contribution in [0.15, 0.2) is 79.6 Å². The molecule has 2 amide bonds. The quantitative estimate of drug-likeness (QED) is 0.0358. The largest absolute Gasteiger partial charge is 0.461 e. The van der Waals surface area contributed by atoms with E-state index in [0.29, 0.717) is 29.5 Å². The highest BCUT2D eigenvalue weighted by Crippen LogP contribution is 2.51. The number of pyridine rings is 1. The van der Waals surface area contributed by atoms with Crippen LogP contribution in [0.4, 0.5) is 10.5 Å². The summed E-state index contributed by atoms with van der Waals surface area (Å²) in [5, 5.41) is 7.91. The van der Waals surface area contributed by atoms with Crippen molar-refractivity contribution in [2.24, 2.45) is 11.8 Å². The lowest BCUT2D eigenvalue weighted by Gasteiger charge is -2.41. The summed E-state index contributed by atoms with van der Waals surface area (Å²) < 4.78 is 33.8. The molecule has 2 aromatic heterocycles. The summed E-state index contributed by atoms with van der Waals surface area (Å²) in [5.41, 5.74) is 2.64. The van der Waals surface area contributed by atoms with Crippen LogP contribution in [0.25, 0.3) is 22.9 Å². The molecule has 2 N–H and O–H groups in total. The number of ether oxygens (including phenoxy) is 2. The maximum atomic E-state index is 13.9. The Kier molecular flexibility index (Phi) is 23.4. The molecule has 0 saturated heterocycles. The highest BCUT2D eigenvalue weighted by molar-refractivity contribution is 7.13. The number of anilines is 1. The second kappa shape index (κ2) is 28.1. The van der Waals surface area contributed by atoms with E-state index in [4.69, 9.17) is 22.8 Å². The molecule has 15 heteroatoms. The van der Waals surface area contributed by atoms with Crippen molar-refractivity contribution in [1.29, 1.82) is 0 Å². The van der Waals surface area contributed by atoms with Gasteiger partial charge in [-0.2, -0.15) is 0 Å². The smallest absolute Gasteiger partial charge is 0.407 e. The van der Waals surface area contributed by atoms with E-state index in [1.807, 2.05) is 65.9 Å². The maximum Gasteiger partial charge on any atom is 0.407 e. The van der Waals surface area contributed by atoms with Crippen LogP contribution in [0.3, 0.4) is 0 Å². The number of aromatic nitrogens is 1. The second-order valence-corrected chi connectivity index (χ2v) is 43.6. The number of alkyl carbamates (subject to hydrolysis) is 1. The molecule has 2 heterocycles. The van der Waals surface area contributed by atoms with Gasteiger partial charge in [0, 0.05) is 46.2 Å². The normalized spacial score (nSPS) is 18.5. The molecular formula is C66H103N3O8SSi3. The lowest BCUT2D eigenvalue weighted by Crippen LogP contribution is -2.45. The number of thiophene rings is 1. The molecule has 1 aliphatic rings. The van der Waals surface area contributed by atoms with E-state index in [-0.39, 0.29) is 58.5 Å². The van der Waals surface area contributed by atoms with E-state index in [0.717, 1.165) is 67.7 Å². The van der Waals surface area contributed by atoms with E-state index >= 15 is 0 Å². The number of nitrogens with zero attached hydrogens (tertiary/aromatic N) is 1. The molecule has 5 rings (SSSR count).